The van der Waals surface area contributed by atoms with E-state index in [1.54, 1.807) is 4.31 Å². The van der Waals surface area contributed by atoms with Gasteiger partial charge in [0.2, 0.25) is 10.0 Å². The molecule has 5 heteroatoms. The van der Waals surface area contributed by atoms with Crippen molar-refractivity contribution in [3.63, 3.8) is 0 Å². The van der Waals surface area contributed by atoms with E-state index < -0.39 is 10.0 Å². The van der Waals surface area contributed by atoms with Gasteiger partial charge in [0.05, 0.1) is 5.75 Å². The van der Waals surface area contributed by atoms with Crippen molar-refractivity contribution in [1.29, 1.82) is 0 Å². The van der Waals surface area contributed by atoms with E-state index in [9.17, 15) is 8.42 Å². The van der Waals surface area contributed by atoms with Gasteiger partial charge in [0.25, 0.3) is 0 Å². The first-order chi connectivity index (χ1) is 9.53. The molecule has 0 aliphatic carbocycles. The smallest absolute Gasteiger partial charge is 0.214 e. The zero-order valence-corrected chi connectivity index (χ0v) is 14.2. The molecule has 1 N–H and O–H groups in total. The van der Waals surface area contributed by atoms with Crippen LogP contribution in [0.15, 0.2) is 0 Å². The molecule has 120 valence electrons. The normalized spacial score (nSPS) is 20.1. The van der Waals surface area contributed by atoms with Crippen molar-refractivity contribution in [3.05, 3.63) is 0 Å². The van der Waals surface area contributed by atoms with Crippen LogP contribution in [0.3, 0.4) is 0 Å². The molecule has 1 saturated heterocycles. The predicted octanol–water partition coefficient (Wildman–Crippen LogP) is 2.75. The van der Waals surface area contributed by atoms with E-state index in [1.807, 2.05) is 6.92 Å². The second kappa shape index (κ2) is 9.00. The van der Waals surface area contributed by atoms with Crippen LogP contribution in [0.25, 0.3) is 0 Å². The van der Waals surface area contributed by atoms with Crippen LogP contribution in [0, 0.1) is 0 Å². The molecule has 4 nitrogen and oxygen atoms in total. The molecule has 20 heavy (non-hydrogen) atoms. The Balaban J connectivity index is 2.38. The fourth-order valence-corrected chi connectivity index (χ4v) is 4.42. The van der Waals surface area contributed by atoms with E-state index in [1.165, 1.54) is 19.3 Å². The average Bonchev–Trinajstić information content (AvgIpc) is 2.44. The molecule has 0 spiro atoms. The first-order valence-corrected chi connectivity index (χ1v) is 9.88. The predicted molar refractivity (Wildman–Crippen MR) is 85.4 cm³/mol. The van der Waals surface area contributed by atoms with Crippen LogP contribution in [-0.2, 0) is 10.0 Å². The van der Waals surface area contributed by atoms with Crippen LogP contribution in [0.2, 0.25) is 0 Å². The highest BCUT2D eigenvalue weighted by Gasteiger charge is 2.27. The standard InChI is InChI=1S/C15H32N2O2S/c1-4-7-8-14(6-3)16-15-9-11-17(12-10-15)20(18,19)13-5-2/h14-16H,4-13H2,1-3H3. The minimum Gasteiger partial charge on any atom is -0.311 e. The van der Waals surface area contributed by atoms with E-state index >= 15 is 0 Å². The number of sulfonamides is 1. The summed E-state index contributed by atoms with van der Waals surface area (Å²) in [5.74, 6) is 0.291. The summed E-state index contributed by atoms with van der Waals surface area (Å²) in [7, 11) is -3.00. The Kier molecular flexibility index (Phi) is 8.07. The lowest BCUT2D eigenvalue weighted by molar-refractivity contribution is 0.265. The highest BCUT2D eigenvalue weighted by Crippen LogP contribution is 2.17. The van der Waals surface area contributed by atoms with Crippen molar-refractivity contribution in [1.82, 2.24) is 9.62 Å². The van der Waals surface area contributed by atoms with Gasteiger partial charge in [-0.05, 0) is 32.1 Å². The summed E-state index contributed by atoms with van der Waals surface area (Å²) >= 11 is 0. The van der Waals surface area contributed by atoms with Gasteiger partial charge in [-0.3, -0.25) is 0 Å². The Hall–Kier alpha value is -0.130. The number of rotatable bonds is 9. The van der Waals surface area contributed by atoms with Crippen LogP contribution >= 0.6 is 0 Å². The number of hydrogen-bond acceptors (Lipinski definition) is 3. The van der Waals surface area contributed by atoms with Crippen LogP contribution in [0.4, 0.5) is 0 Å². The Morgan fingerprint density at radius 3 is 2.30 bits per heavy atom. The maximum atomic E-state index is 12.0. The quantitative estimate of drug-likeness (QED) is 0.712. The number of hydrogen-bond donors (Lipinski definition) is 1. The minimum atomic E-state index is -3.00. The van der Waals surface area contributed by atoms with Crippen molar-refractivity contribution in [3.8, 4) is 0 Å². The summed E-state index contributed by atoms with van der Waals surface area (Å²) in [6.45, 7) is 7.75. The number of unbranched alkanes of at least 4 members (excludes halogenated alkanes) is 1. The second-order valence-electron chi connectivity index (χ2n) is 5.90. The molecule has 1 heterocycles. The van der Waals surface area contributed by atoms with Gasteiger partial charge in [-0.1, -0.05) is 33.6 Å². The third-order valence-electron chi connectivity index (χ3n) is 4.18. The SMILES string of the molecule is CCCCC(CC)NC1CCN(S(=O)(=O)CCC)CC1. The van der Waals surface area contributed by atoms with Crippen molar-refractivity contribution in [2.45, 2.75) is 77.8 Å². The minimum absolute atomic E-state index is 0.291. The number of piperidine rings is 1. The molecule has 0 aromatic rings. The summed E-state index contributed by atoms with van der Waals surface area (Å²) in [4.78, 5) is 0. The molecule has 0 amide bonds. The molecule has 0 aromatic heterocycles. The Bertz CT molecular complexity index is 349. The van der Waals surface area contributed by atoms with Crippen LogP contribution < -0.4 is 5.32 Å². The third-order valence-corrected chi connectivity index (χ3v) is 6.26. The van der Waals surface area contributed by atoms with E-state index in [0.717, 1.165) is 19.3 Å². The van der Waals surface area contributed by atoms with Gasteiger partial charge < -0.3 is 5.32 Å². The maximum Gasteiger partial charge on any atom is 0.214 e. The van der Waals surface area contributed by atoms with Crippen molar-refractivity contribution in [2.24, 2.45) is 0 Å². The van der Waals surface area contributed by atoms with Crippen molar-refractivity contribution >= 4 is 10.0 Å². The summed E-state index contributed by atoms with van der Waals surface area (Å²) < 4.78 is 25.7. The van der Waals surface area contributed by atoms with E-state index in [2.05, 4.69) is 19.2 Å². The van der Waals surface area contributed by atoms with Crippen LogP contribution in [0.1, 0.15) is 65.7 Å². The molecule has 1 atom stereocenters. The Morgan fingerprint density at radius 1 is 1.15 bits per heavy atom. The van der Waals surface area contributed by atoms with Crippen LogP contribution in [-0.4, -0.2) is 43.6 Å². The van der Waals surface area contributed by atoms with Crippen molar-refractivity contribution < 1.29 is 8.42 Å². The largest absolute Gasteiger partial charge is 0.311 e. The molecule has 1 fully saturated rings. The monoisotopic (exact) mass is 304 g/mol. The molecule has 1 aliphatic rings. The number of nitrogens with zero attached hydrogens (tertiary/aromatic N) is 1. The molecule has 0 saturated carbocycles. The summed E-state index contributed by atoms with van der Waals surface area (Å²) in [6, 6.07) is 1.09. The van der Waals surface area contributed by atoms with Gasteiger partial charge in [0.1, 0.15) is 0 Å². The lowest BCUT2D eigenvalue weighted by Gasteiger charge is -2.33. The fourth-order valence-electron chi connectivity index (χ4n) is 2.88. The zero-order chi connectivity index (χ0) is 15.0. The highest BCUT2D eigenvalue weighted by atomic mass is 32.2. The summed E-state index contributed by atoms with van der Waals surface area (Å²) in [6.07, 6.45) is 7.52. The van der Waals surface area contributed by atoms with Gasteiger partial charge in [-0.15, -0.1) is 0 Å². The molecular formula is C15H32N2O2S. The van der Waals surface area contributed by atoms with Crippen LogP contribution in [0.5, 0.6) is 0 Å². The molecule has 1 unspecified atom stereocenters. The molecule has 1 rings (SSSR count). The van der Waals surface area contributed by atoms with E-state index in [4.69, 9.17) is 0 Å². The summed E-state index contributed by atoms with van der Waals surface area (Å²) in [5, 5.41) is 3.72. The van der Waals surface area contributed by atoms with Gasteiger partial charge >= 0.3 is 0 Å². The lowest BCUT2D eigenvalue weighted by Crippen LogP contribution is -2.48. The first kappa shape index (κ1) is 17.9. The highest BCUT2D eigenvalue weighted by molar-refractivity contribution is 7.89. The number of nitrogens with one attached hydrogen (secondary N) is 1. The lowest BCUT2D eigenvalue weighted by atomic mass is 10.0. The maximum absolute atomic E-state index is 12.0. The Morgan fingerprint density at radius 2 is 1.80 bits per heavy atom. The van der Waals surface area contributed by atoms with Gasteiger partial charge in [-0.2, -0.15) is 0 Å². The van der Waals surface area contributed by atoms with E-state index in [-0.39, 0.29) is 0 Å². The fraction of sp³-hybridized carbons (Fsp3) is 1.00. The van der Waals surface area contributed by atoms with Gasteiger partial charge in [0, 0.05) is 25.2 Å². The molecule has 0 bridgehead atoms. The molecular weight excluding hydrogens is 272 g/mol. The second-order valence-corrected chi connectivity index (χ2v) is 7.99. The summed E-state index contributed by atoms with van der Waals surface area (Å²) in [5.41, 5.74) is 0. The molecule has 0 aromatic carbocycles. The first-order valence-electron chi connectivity index (χ1n) is 8.27. The molecule has 0 radical (unpaired) electrons. The third kappa shape index (κ3) is 5.70. The Labute approximate surface area is 125 Å². The zero-order valence-electron chi connectivity index (χ0n) is 13.4. The average molecular weight is 305 g/mol. The van der Waals surface area contributed by atoms with Gasteiger partial charge in [0.15, 0.2) is 0 Å². The topological polar surface area (TPSA) is 49.4 Å². The van der Waals surface area contributed by atoms with Crippen molar-refractivity contribution in [2.75, 3.05) is 18.8 Å². The van der Waals surface area contributed by atoms with Gasteiger partial charge in [-0.25, -0.2) is 12.7 Å². The van der Waals surface area contributed by atoms with E-state index in [0.29, 0.717) is 37.3 Å². The molecule has 1 aliphatic heterocycles.